The Kier molecular flexibility index (Phi) is 11.3. The Balaban J connectivity index is 0.816. The fraction of sp³-hybridized carbons (Fsp3) is 0.395. The van der Waals surface area contributed by atoms with Crippen LogP contribution in [0.1, 0.15) is 74.2 Å². The third kappa shape index (κ3) is 8.20. The summed E-state index contributed by atoms with van der Waals surface area (Å²) in [4.78, 5) is 40.4. The van der Waals surface area contributed by atoms with Crippen LogP contribution in [0.4, 0.5) is 0 Å². The number of nitrogens with one attached hydrogen (secondary N) is 2. The molecule has 4 N–H and O–H groups in total. The molecule has 0 aliphatic carbocycles. The topological polar surface area (TPSA) is 183 Å². The first-order valence-corrected chi connectivity index (χ1v) is 20.7. The fourth-order valence-corrected chi connectivity index (χ4v) is 8.82. The van der Waals surface area contributed by atoms with Gasteiger partial charge in [-0.3, -0.25) is 9.59 Å². The number of hydrogen-bond acceptors (Lipinski definition) is 12. The van der Waals surface area contributed by atoms with Crippen molar-refractivity contribution in [3.8, 4) is 33.3 Å². The minimum absolute atomic E-state index is 0.0568. The summed E-state index contributed by atoms with van der Waals surface area (Å²) < 4.78 is 11.6. The van der Waals surface area contributed by atoms with Gasteiger partial charge in [0.1, 0.15) is 17.7 Å². The Morgan fingerprint density at radius 1 is 1.05 bits per heavy atom. The van der Waals surface area contributed by atoms with Gasteiger partial charge in [0.05, 0.1) is 40.5 Å². The lowest BCUT2D eigenvalue weighted by Crippen LogP contribution is -2.48. The monoisotopic (exact) mass is 804 g/mol. The Morgan fingerprint density at radius 3 is 2.59 bits per heavy atom. The Labute approximate surface area is 340 Å². The van der Waals surface area contributed by atoms with Crippen molar-refractivity contribution in [1.82, 2.24) is 40.4 Å². The number of carbonyl (C=O) groups excluding carboxylic acids is 2. The number of H-pyrrole nitrogens is 1. The largest absolute Gasteiger partial charge is 0.507 e. The Hall–Kier alpha value is -5.64. The number of β-amino-alcohol motifs (C(OH)–C–C–N with tert-alkyl or cyclic N) is 1. The number of para-hydroxylation sites is 1. The highest BCUT2D eigenvalue weighted by Gasteiger charge is 2.43. The van der Waals surface area contributed by atoms with Crippen LogP contribution in [-0.4, -0.2) is 102 Å². The summed E-state index contributed by atoms with van der Waals surface area (Å²) in [6.45, 7) is 10.9. The van der Waals surface area contributed by atoms with Crippen LogP contribution in [0, 0.1) is 12.8 Å². The molecule has 2 aliphatic rings. The lowest BCUT2D eigenvalue weighted by Gasteiger charge is -2.38. The van der Waals surface area contributed by atoms with E-state index >= 15 is 0 Å². The zero-order valence-electron chi connectivity index (χ0n) is 33.0. The lowest BCUT2D eigenvalue weighted by molar-refractivity contribution is -0.141. The van der Waals surface area contributed by atoms with Crippen LogP contribution in [-0.2, 0) is 9.59 Å². The van der Waals surface area contributed by atoms with Crippen LogP contribution >= 0.6 is 11.3 Å². The van der Waals surface area contributed by atoms with Crippen molar-refractivity contribution in [3.63, 3.8) is 0 Å². The number of hydrogen-bond donors (Lipinski definition) is 4. The van der Waals surface area contributed by atoms with E-state index in [1.165, 1.54) is 4.90 Å². The first kappa shape index (κ1) is 39.2. The highest BCUT2D eigenvalue weighted by Crippen LogP contribution is 2.35. The highest BCUT2D eigenvalue weighted by molar-refractivity contribution is 7.13. The molecular formula is C43H48N8O6S. The Bertz CT molecular complexity index is 2390. The molecule has 2 aliphatic heterocycles. The molecule has 6 aromatic rings. The molecular weight excluding hydrogens is 757 g/mol. The highest BCUT2D eigenvalue weighted by atomic mass is 32.1. The number of aromatic nitrogens is 5. The minimum atomic E-state index is -0.822. The summed E-state index contributed by atoms with van der Waals surface area (Å²) in [7, 11) is 0. The average molecular weight is 805 g/mol. The summed E-state index contributed by atoms with van der Waals surface area (Å²) >= 11 is 1.59. The molecule has 2 aromatic carbocycles. The van der Waals surface area contributed by atoms with Gasteiger partial charge in [0.2, 0.25) is 11.8 Å². The van der Waals surface area contributed by atoms with E-state index < -0.39 is 18.1 Å². The van der Waals surface area contributed by atoms with E-state index in [4.69, 9.17) is 9.26 Å². The molecule has 4 aromatic heterocycles. The number of aromatic amines is 1. The van der Waals surface area contributed by atoms with Gasteiger partial charge in [-0.05, 0) is 66.7 Å². The maximum atomic E-state index is 14.1. The molecule has 14 nitrogen and oxygen atoms in total. The minimum Gasteiger partial charge on any atom is -0.507 e. The molecule has 8 rings (SSSR count). The number of carbonyl (C=O) groups is 2. The van der Waals surface area contributed by atoms with Gasteiger partial charge in [-0.15, -0.1) is 21.5 Å². The van der Waals surface area contributed by atoms with Gasteiger partial charge < -0.3 is 39.6 Å². The molecule has 15 heteroatoms. The fourth-order valence-electron chi connectivity index (χ4n) is 8.01. The number of thiazole rings is 1. The van der Waals surface area contributed by atoms with Crippen molar-refractivity contribution in [2.24, 2.45) is 5.92 Å². The summed E-state index contributed by atoms with van der Waals surface area (Å²) in [6, 6.07) is 19.7. The van der Waals surface area contributed by atoms with E-state index in [-0.39, 0.29) is 42.5 Å². The van der Waals surface area contributed by atoms with Gasteiger partial charge in [-0.2, -0.15) is 0 Å². The van der Waals surface area contributed by atoms with E-state index in [1.54, 1.807) is 29.5 Å². The SMILES string of the molecule is Cc1ncsc1-c1ccc([C@H](C)NC(=O)[C@@H]2C[C@@H](O)CN2C(=O)[C@@H](c2cc(OCCCN3CC(c4cc5cc(-c6ccccc6O)nnc5[nH]4)C3)no2)C(C)C)cc1. The molecule has 0 bridgehead atoms. The summed E-state index contributed by atoms with van der Waals surface area (Å²) in [5.74, 6) is -0.293. The summed E-state index contributed by atoms with van der Waals surface area (Å²) in [5, 5.41) is 37.7. The van der Waals surface area contributed by atoms with Crippen molar-refractivity contribution in [2.45, 2.75) is 70.6 Å². The molecule has 0 spiro atoms. The number of amides is 2. The number of ether oxygens (including phenoxy) is 1. The average Bonchev–Trinajstić information content (AvgIpc) is 4.01. The number of fused-ring (bicyclic) bond motifs is 1. The molecule has 2 fully saturated rings. The third-order valence-electron chi connectivity index (χ3n) is 11.2. The van der Waals surface area contributed by atoms with E-state index in [9.17, 15) is 19.8 Å². The first-order chi connectivity index (χ1) is 28.0. The molecule has 0 unspecified atom stereocenters. The molecule has 6 heterocycles. The predicted octanol–water partition coefficient (Wildman–Crippen LogP) is 6.20. The number of nitrogens with zero attached hydrogens (tertiary/aromatic N) is 6. The number of aliphatic hydroxyl groups excluding tert-OH is 1. The third-order valence-corrected chi connectivity index (χ3v) is 12.2. The first-order valence-electron chi connectivity index (χ1n) is 19.8. The van der Waals surface area contributed by atoms with Gasteiger partial charge in [-0.1, -0.05) is 50.2 Å². The van der Waals surface area contributed by atoms with Crippen molar-refractivity contribution in [1.29, 1.82) is 0 Å². The second-order valence-electron chi connectivity index (χ2n) is 15.7. The second-order valence-corrected chi connectivity index (χ2v) is 16.6. The van der Waals surface area contributed by atoms with Crippen LogP contribution in [0.15, 0.2) is 76.8 Å². The van der Waals surface area contributed by atoms with Gasteiger partial charge in [0, 0.05) is 61.2 Å². The zero-order valence-corrected chi connectivity index (χ0v) is 33.8. The van der Waals surface area contributed by atoms with Gasteiger partial charge in [-0.25, -0.2) is 4.98 Å². The van der Waals surface area contributed by atoms with Crippen LogP contribution in [0.25, 0.3) is 32.7 Å². The van der Waals surface area contributed by atoms with Crippen molar-refractivity contribution < 1.29 is 29.1 Å². The van der Waals surface area contributed by atoms with Crippen molar-refractivity contribution in [3.05, 3.63) is 95.0 Å². The zero-order chi connectivity index (χ0) is 40.5. The predicted molar refractivity (Wildman–Crippen MR) is 219 cm³/mol. The van der Waals surface area contributed by atoms with Crippen LogP contribution < -0.4 is 10.1 Å². The van der Waals surface area contributed by atoms with E-state index in [2.05, 4.69) is 41.6 Å². The summed E-state index contributed by atoms with van der Waals surface area (Å²) in [5.41, 5.74) is 7.93. The normalized spacial score (nSPS) is 18.4. The molecule has 302 valence electrons. The second kappa shape index (κ2) is 16.7. The molecule has 2 amide bonds. The number of phenolic OH excluding ortho intramolecular Hbond substituents is 1. The smallest absolute Gasteiger partial charge is 0.254 e. The molecule has 0 saturated carbocycles. The van der Waals surface area contributed by atoms with Gasteiger partial charge in [0.15, 0.2) is 11.4 Å². The van der Waals surface area contributed by atoms with Gasteiger partial charge >= 0.3 is 0 Å². The van der Waals surface area contributed by atoms with Gasteiger partial charge in [0.25, 0.3) is 5.88 Å². The number of aromatic hydroxyl groups is 1. The van der Waals surface area contributed by atoms with E-state index in [0.29, 0.717) is 35.4 Å². The molecule has 0 radical (unpaired) electrons. The van der Waals surface area contributed by atoms with E-state index in [0.717, 1.165) is 64.5 Å². The number of phenols is 1. The van der Waals surface area contributed by atoms with Crippen LogP contribution in [0.3, 0.4) is 0 Å². The number of aliphatic hydroxyl groups is 1. The van der Waals surface area contributed by atoms with Crippen LogP contribution in [0.5, 0.6) is 11.6 Å². The maximum absolute atomic E-state index is 14.1. The van der Waals surface area contributed by atoms with Crippen LogP contribution in [0.2, 0.25) is 0 Å². The molecule has 58 heavy (non-hydrogen) atoms. The quantitative estimate of drug-likeness (QED) is 0.0921. The number of rotatable bonds is 14. The van der Waals surface area contributed by atoms with Crippen molar-refractivity contribution in [2.75, 3.05) is 32.8 Å². The maximum Gasteiger partial charge on any atom is 0.254 e. The van der Waals surface area contributed by atoms with Crippen molar-refractivity contribution >= 4 is 34.2 Å². The number of benzene rings is 2. The summed E-state index contributed by atoms with van der Waals surface area (Å²) in [6.07, 6.45) is 0.112. The van der Waals surface area contributed by atoms with E-state index in [1.807, 2.05) is 75.7 Å². The molecule has 2 saturated heterocycles. The standard InChI is InChI=1S/C43H48N8O6S/c1-24(2)39(43(55)51-22-31(52)18-35(51)42(54)45-25(3)27-10-12-28(13-11-27)40-26(4)44-23-58-40)37-19-38(49-57-37)56-15-7-14-50-20-30(21-50)33-16-29-17-34(47-48-41(29)46-33)32-8-5-6-9-36(32)53/h5-6,8-13,16-17,19,23-25,30-31,35,39,52-53H,7,14-15,18,20-22H2,1-4H3,(H,45,54)(H,46,48)/t25-,31+,35-,39+/m0/s1. The number of aryl methyl sites for hydroxylation is 1. The molecule has 4 atom stereocenters. The Morgan fingerprint density at radius 2 is 1.84 bits per heavy atom. The number of likely N-dealkylation sites (tertiary alicyclic amines) is 2. The lowest BCUT2D eigenvalue weighted by atomic mass is 9.91.